The highest BCUT2D eigenvalue weighted by Crippen LogP contribution is 2.16. The van der Waals surface area contributed by atoms with E-state index in [0.717, 1.165) is 4.57 Å². The van der Waals surface area contributed by atoms with E-state index in [1.54, 1.807) is 13.8 Å². The molecular weight excluding hydrogens is 296 g/mol. The van der Waals surface area contributed by atoms with Crippen LogP contribution >= 0.6 is 25.3 Å². The molecule has 0 aliphatic carbocycles. The maximum Gasteiger partial charge on any atom is 0.330 e. The normalized spacial score (nSPS) is 14.4. The van der Waals surface area contributed by atoms with E-state index in [2.05, 4.69) is 40.2 Å². The van der Waals surface area contributed by atoms with Crippen molar-refractivity contribution in [3.63, 3.8) is 0 Å². The molecule has 20 heavy (non-hydrogen) atoms. The van der Waals surface area contributed by atoms with Gasteiger partial charge in [-0.15, -0.1) is 0 Å². The first-order valence-corrected chi connectivity index (χ1v) is 7.14. The van der Waals surface area contributed by atoms with Crippen LogP contribution in [-0.4, -0.2) is 30.0 Å². The first-order chi connectivity index (χ1) is 9.25. The van der Waals surface area contributed by atoms with Crippen LogP contribution in [0, 0.1) is 13.8 Å². The van der Waals surface area contributed by atoms with Gasteiger partial charge >= 0.3 is 5.69 Å². The Morgan fingerprint density at radius 2 is 1.85 bits per heavy atom. The predicted molar refractivity (Wildman–Crippen MR) is 85.1 cm³/mol. The van der Waals surface area contributed by atoms with Gasteiger partial charge in [-0.3, -0.25) is 14.3 Å². The highest BCUT2D eigenvalue weighted by atomic mass is 32.1. The van der Waals surface area contributed by atoms with Crippen LogP contribution in [0.1, 0.15) is 18.3 Å². The van der Waals surface area contributed by atoms with Gasteiger partial charge in [-0.05, 0) is 20.8 Å². The van der Waals surface area contributed by atoms with Gasteiger partial charge in [0.1, 0.15) is 0 Å². The number of hydrogen-bond acceptors (Lipinski definition) is 6. The van der Waals surface area contributed by atoms with Gasteiger partial charge in [0, 0.05) is 17.0 Å². The predicted octanol–water partition coefficient (Wildman–Crippen LogP) is 0.715. The van der Waals surface area contributed by atoms with E-state index in [1.165, 1.54) is 0 Å². The van der Waals surface area contributed by atoms with Crippen LogP contribution in [0.4, 0.5) is 0 Å². The van der Waals surface area contributed by atoms with Crippen LogP contribution in [0.3, 0.4) is 0 Å². The van der Waals surface area contributed by atoms with Crippen molar-refractivity contribution < 1.29 is 0 Å². The Bertz CT molecular complexity index is 779. The van der Waals surface area contributed by atoms with E-state index >= 15 is 0 Å². The van der Waals surface area contributed by atoms with Crippen LogP contribution < -0.4 is 11.2 Å². The van der Waals surface area contributed by atoms with Crippen molar-refractivity contribution in [3.05, 3.63) is 32.2 Å². The molecule has 0 fully saturated rings. The SMILES string of the molecule is Cc1nc2[nH]c(=O)n(C[C@@](C)(S)CS)c(=O)c2nc1C. The summed E-state index contributed by atoms with van der Waals surface area (Å²) in [5.74, 6) is 0.429. The monoisotopic (exact) mass is 312 g/mol. The summed E-state index contributed by atoms with van der Waals surface area (Å²) in [5.41, 5.74) is 0.751. The molecule has 1 N–H and O–H groups in total. The number of thiol groups is 2. The molecule has 1 atom stereocenters. The maximum atomic E-state index is 12.4. The Morgan fingerprint density at radius 1 is 1.25 bits per heavy atom. The average Bonchev–Trinajstić information content (AvgIpc) is 2.37. The molecule has 0 spiro atoms. The van der Waals surface area contributed by atoms with Crippen molar-refractivity contribution in [2.75, 3.05) is 5.75 Å². The lowest BCUT2D eigenvalue weighted by Gasteiger charge is -2.21. The molecule has 0 aliphatic heterocycles. The summed E-state index contributed by atoms with van der Waals surface area (Å²) in [6, 6.07) is 0. The van der Waals surface area contributed by atoms with Gasteiger partial charge in [0.05, 0.1) is 11.4 Å². The van der Waals surface area contributed by atoms with E-state index in [1.807, 2.05) is 6.92 Å². The molecule has 108 valence electrons. The summed E-state index contributed by atoms with van der Waals surface area (Å²) < 4.78 is 0.524. The lowest BCUT2D eigenvalue weighted by molar-refractivity contribution is 0.543. The van der Waals surface area contributed by atoms with Gasteiger partial charge in [0.25, 0.3) is 5.56 Å². The van der Waals surface area contributed by atoms with Gasteiger partial charge in [0.2, 0.25) is 0 Å². The standard InChI is InChI=1S/C12H16N4O2S2/c1-6-7(2)14-9-8(13-6)10(17)16(11(18)15-9)4-12(3,20)5-19/h19-20H,4-5H2,1-3H3,(H,14,15,18)/t12-/m1/s1. The summed E-state index contributed by atoms with van der Waals surface area (Å²) in [6.07, 6.45) is 0. The fourth-order valence-electron chi connectivity index (χ4n) is 1.76. The summed E-state index contributed by atoms with van der Waals surface area (Å²) in [7, 11) is 0. The molecule has 0 saturated carbocycles. The van der Waals surface area contributed by atoms with E-state index in [9.17, 15) is 9.59 Å². The van der Waals surface area contributed by atoms with Crippen molar-refractivity contribution in [2.45, 2.75) is 32.1 Å². The Balaban J connectivity index is 2.72. The molecule has 0 aromatic carbocycles. The molecular formula is C12H16N4O2S2. The Hall–Kier alpha value is -1.28. The zero-order valence-electron chi connectivity index (χ0n) is 11.5. The average molecular weight is 312 g/mol. The summed E-state index contributed by atoms with van der Waals surface area (Å²) in [5, 5.41) is 0. The number of rotatable bonds is 3. The third-order valence-corrected chi connectivity index (χ3v) is 4.31. The number of aromatic amines is 1. The number of aryl methyl sites for hydroxylation is 2. The molecule has 0 saturated heterocycles. The minimum Gasteiger partial charge on any atom is -0.290 e. The quantitative estimate of drug-likeness (QED) is 0.729. The second-order valence-electron chi connectivity index (χ2n) is 5.07. The number of nitrogens with one attached hydrogen (secondary N) is 1. The van der Waals surface area contributed by atoms with Gasteiger partial charge in [-0.1, -0.05) is 0 Å². The minimum absolute atomic E-state index is 0.151. The number of aromatic nitrogens is 4. The van der Waals surface area contributed by atoms with Gasteiger partial charge in [-0.25, -0.2) is 14.8 Å². The first-order valence-electron chi connectivity index (χ1n) is 6.06. The van der Waals surface area contributed by atoms with Crippen LogP contribution in [-0.2, 0) is 6.54 Å². The number of fused-ring (bicyclic) bond motifs is 1. The highest BCUT2D eigenvalue weighted by molar-refractivity contribution is 7.85. The van der Waals surface area contributed by atoms with Gasteiger partial charge in [0.15, 0.2) is 11.2 Å². The van der Waals surface area contributed by atoms with E-state index in [0.29, 0.717) is 17.1 Å². The topological polar surface area (TPSA) is 80.6 Å². The summed E-state index contributed by atoms with van der Waals surface area (Å²) >= 11 is 8.57. The van der Waals surface area contributed by atoms with Crippen LogP contribution in [0.25, 0.3) is 11.2 Å². The lowest BCUT2D eigenvalue weighted by atomic mass is 10.2. The molecule has 0 bridgehead atoms. The second kappa shape index (κ2) is 5.25. The number of nitrogens with zero attached hydrogens (tertiary/aromatic N) is 3. The number of H-pyrrole nitrogens is 1. The highest BCUT2D eigenvalue weighted by Gasteiger charge is 2.21. The second-order valence-corrected chi connectivity index (χ2v) is 6.46. The molecule has 6 nitrogen and oxygen atoms in total. The molecule has 2 rings (SSSR count). The van der Waals surface area contributed by atoms with Gasteiger partial charge < -0.3 is 0 Å². The maximum absolute atomic E-state index is 12.4. The van der Waals surface area contributed by atoms with Gasteiger partial charge in [-0.2, -0.15) is 25.3 Å². The molecule has 0 radical (unpaired) electrons. The Labute approximate surface area is 126 Å². The Morgan fingerprint density at radius 3 is 2.45 bits per heavy atom. The molecule has 0 unspecified atom stereocenters. The fraction of sp³-hybridized carbons (Fsp3) is 0.500. The molecule has 2 aromatic rings. The number of hydrogen-bond donors (Lipinski definition) is 3. The molecule has 0 aliphatic rings. The zero-order valence-corrected chi connectivity index (χ0v) is 13.3. The molecule has 2 aromatic heterocycles. The molecule has 2 heterocycles. The van der Waals surface area contributed by atoms with E-state index in [-0.39, 0.29) is 17.7 Å². The largest absolute Gasteiger partial charge is 0.330 e. The van der Waals surface area contributed by atoms with E-state index in [4.69, 9.17) is 0 Å². The van der Waals surface area contributed by atoms with E-state index < -0.39 is 16.0 Å². The molecule has 0 amide bonds. The summed E-state index contributed by atoms with van der Waals surface area (Å²) in [6.45, 7) is 5.51. The fourth-order valence-corrected chi connectivity index (χ4v) is 2.00. The van der Waals surface area contributed by atoms with Crippen molar-refractivity contribution >= 4 is 36.4 Å². The first kappa shape index (κ1) is 15.1. The van der Waals surface area contributed by atoms with Crippen molar-refractivity contribution in [2.24, 2.45) is 0 Å². The third-order valence-electron chi connectivity index (χ3n) is 3.06. The zero-order chi connectivity index (χ0) is 15.1. The Kier molecular flexibility index (Phi) is 3.97. The lowest BCUT2D eigenvalue weighted by Crippen LogP contribution is -2.42. The van der Waals surface area contributed by atoms with Crippen molar-refractivity contribution in [3.8, 4) is 0 Å². The van der Waals surface area contributed by atoms with Crippen LogP contribution in [0.2, 0.25) is 0 Å². The van der Waals surface area contributed by atoms with Crippen molar-refractivity contribution in [1.29, 1.82) is 0 Å². The smallest absolute Gasteiger partial charge is 0.290 e. The van der Waals surface area contributed by atoms with Crippen LogP contribution in [0.15, 0.2) is 9.59 Å². The third kappa shape index (κ3) is 2.76. The van der Waals surface area contributed by atoms with Crippen molar-refractivity contribution in [1.82, 2.24) is 19.5 Å². The minimum atomic E-state index is -0.569. The molecule has 8 heteroatoms. The summed E-state index contributed by atoms with van der Waals surface area (Å²) in [4.78, 5) is 35.4. The van der Waals surface area contributed by atoms with Crippen LogP contribution in [0.5, 0.6) is 0 Å².